The minimum absolute atomic E-state index is 0.0520. The molecular formula is C12H12ClN3OS. The first-order chi connectivity index (χ1) is 8.51. The Hall–Kier alpha value is -1.51. The highest BCUT2D eigenvalue weighted by molar-refractivity contribution is 7.16. The molecule has 0 saturated carbocycles. The molecule has 1 atom stereocenters. The Morgan fingerprint density at radius 2 is 2.28 bits per heavy atom. The lowest BCUT2D eigenvalue weighted by Crippen LogP contribution is -2.06. The molecule has 94 valence electrons. The van der Waals surface area contributed by atoms with Gasteiger partial charge in [0.1, 0.15) is 22.5 Å². The van der Waals surface area contributed by atoms with E-state index >= 15 is 0 Å². The van der Waals surface area contributed by atoms with Gasteiger partial charge in [-0.2, -0.15) is 5.26 Å². The van der Waals surface area contributed by atoms with Crippen LogP contribution in [0.1, 0.15) is 34.9 Å². The van der Waals surface area contributed by atoms with E-state index in [0.29, 0.717) is 10.0 Å². The molecule has 2 rings (SSSR count). The second kappa shape index (κ2) is 5.01. The molecular weight excluding hydrogens is 270 g/mol. The summed E-state index contributed by atoms with van der Waals surface area (Å²) in [6.45, 7) is 5.85. The first kappa shape index (κ1) is 12.9. The molecule has 0 spiro atoms. The van der Waals surface area contributed by atoms with Gasteiger partial charge < -0.3 is 9.73 Å². The van der Waals surface area contributed by atoms with Gasteiger partial charge in [0.2, 0.25) is 0 Å². The van der Waals surface area contributed by atoms with E-state index in [1.54, 1.807) is 0 Å². The van der Waals surface area contributed by atoms with E-state index in [9.17, 15) is 0 Å². The highest BCUT2D eigenvalue weighted by Gasteiger charge is 2.15. The maximum absolute atomic E-state index is 8.82. The molecule has 2 heterocycles. The summed E-state index contributed by atoms with van der Waals surface area (Å²) in [6.07, 6.45) is 0. The molecule has 0 radical (unpaired) electrons. The molecule has 0 bridgehead atoms. The fraction of sp³-hybridized carbons (Fsp3) is 0.333. The van der Waals surface area contributed by atoms with Crippen molar-refractivity contribution >= 4 is 28.1 Å². The Labute approximate surface area is 114 Å². The number of aromatic nitrogens is 1. The maximum Gasteiger partial charge on any atom is 0.185 e. The lowest BCUT2D eigenvalue weighted by atomic mass is 10.1. The molecule has 4 nitrogen and oxygen atoms in total. The number of rotatable bonds is 3. The lowest BCUT2D eigenvalue weighted by Gasteiger charge is -2.11. The van der Waals surface area contributed by atoms with E-state index in [2.05, 4.69) is 10.3 Å². The van der Waals surface area contributed by atoms with Crippen molar-refractivity contribution in [2.75, 3.05) is 5.32 Å². The predicted molar refractivity (Wildman–Crippen MR) is 72.1 cm³/mol. The van der Waals surface area contributed by atoms with Gasteiger partial charge in [-0.25, -0.2) is 4.98 Å². The van der Waals surface area contributed by atoms with Crippen molar-refractivity contribution < 1.29 is 4.42 Å². The minimum atomic E-state index is 0.0520. The van der Waals surface area contributed by atoms with Crippen LogP contribution in [-0.2, 0) is 0 Å². The number of thiazole rings is 1. The van der Waals surface area contributed by atoms with E-state index in [1.165, 1.54) is 11.3 Å². The molecule has 0 saturated heterocycles. The Morgan fingerprint density at radius 3 is 2.78 bits per heavy atom. The van der Waals surface area contributed by atoms with Gasteiger partial charge in [0.05, 0.1) is 6.04 Å². The molecule has 0 fully saturated rings. The van der Waals surface area contributed by atoms with Crippen molar-refractivity contribution in [3.05, 3.63) is 33.2 Å². The number of hydrogen-bond donors (Lipinski definition) is 1. The van der Waals surface area contributed by atoms with Gasteiger partial charge >= 0.3 is 0 Å². The number of anilines is 1. The summed E-state index contributed by atoms with van der Waals surface area (Å²) in [5, 5.41) is 12.9. The average molecular weight is 282 g/mol. The first-order valence-corrected chi connectivity index (χ1v) is 6.60. The number of nitrogens with zero attached hydrogens (tertiary/aromatic N) is 2. The predicted octanol–water partition coefficient (Wildman–Crippen LogP) is 4.05. The van der Waals surface area contributed by atoms with Crippen LogP contribution < -0.4 is 5.32 Å². The highest BCUT2D eigenvalue weighted by atomic mass is 35.5. The van der Waals surface area contributed by atoms with Crippen LogP contribution in [0.4, 0.5) is 5.13 Å². The van der Waals surface area contributed by atoms with Crippen LogP contribution in [0.5, 0.6) is 0 Å². The zero-order valence-electron chi connectivity index (χ0n) is 10.2. The van der Waals surface area contributed by atoms with Crippen molar-refractivity contribution in [3.63, 3.8) is 0 Å². The average Bonchev–Trinajstić information content (AvgIpc) is 2.81. The maximum atomic E-state index is 8.82. The third kappa shape index (κ3) is 2.50. The molecule has 1 N–H and O–H groups in total. The fourth-order valence-corrected chi connectivity index (χ4v) is 2.81. The number of aryl methyl sites for hydroxylation is 2. The molecule has 0 amide bonds. The summed E-state index contributed by atoms with van der Waals surface area (Å²) in [5.41, 5.74) is 1.08. The molecule has 0 aromatic carbocycles. The molecule has 0 aliphatic carbocycles. The number of furan rings is 1. The summed E-state index contributed by atoms with van der Waals surface area (Å²) < 4.78 is 5.49. The van der Waals surface area contributed by atoms with Crippen LogP contribution >= 0.6 is 22.9 Å². The smallest absolute Gasteiger partial charge is 0.185 e. The van der Waals surface area contributed by atoms with Crippen molar-refractivity contribution in [2.24, 2.45) is 0 Å². The summed E-state index contributed by atoms with van der Waals surface area (Å²) >= 11 is 7.08. The Balaban J connectivity index is 2.18. The summed E-state index contributed by atoms with van der Waals surface area (Å²) in [5.74, 6) is 1.77. The van der Waals surface area contributed by atoms with Crippen LogP contribution in [0.2, 0.25) is 5.15 Å². The summed E-state index contributed by atoms with van der Waals surface area (Å²) in [6, 6.07) is 4.06. The molecule has 0 aliphatic rings. The molecule has 0 aliphatic heterocycles. The standard InChI is InChI=1S/C12H12ClN3OS/c1-6-4-9(8(3)17-6)7(2)15-12-16-11(13)10(5-14)18-12/h4,7H,1-3H3,(H,15,16). The normalized spacial score (nSPS) is 12.2. The summed E-state index contributed by atoms with van der Waals surface area (Å²) in [4.78, 5) is 4.53. The monoisotopic (exact) mass is 281 g/mol. The van der Waals surface area contributed by atoms with Crippen molar-refractivity contribution in [2.45, 2.75) is 26.8 Å². The van der Waals surface area contributed by atoms with Gasteiger partial charge in [0.25, 0.3) is 0 Å². The number of halogens is 1. The molecule has 1 unspecified atom stereocenters. The van der Waals surface area contributed by atoms with Crippen LogP contribution in [-0.4, -0.2) is 4.98 Å². The minimum Gasteiger partial charge on any atom is -0.466 e. The highest BCUT2D eigenvalue weighted by Crippen LogP contribution is 2.30. The number of hydrogen-bond acceptors (Lipinski definition) is 5. The van der Waals surface area contributed by atoms with Gasteiger partial charge in [0.15, 0.2) is 10.3 Å². The first-order valence-electron chi connectivity index (χ1n) is 5.41. The SMILES string of the molecule is Cc1cc(C(C)Nc2nc(Cl)c(C#N)s2)c(C)o1. The quantitative estimate of drug-likeness (QED) is 0.922. The Kier molecular flexibility index (Phi) is 3.60. The van der Waals surface area contributed by atoms with Gasteiger partial charge in [0, 0.05) is 5.56 Å². The van der Waals surface area contributed by atoms with Crippen molar-refractivity contribution in [1.82, 2.24) is 4.98 Å². The third-order valence-corrected chi connectivity index (χ3v) is 3.85. The van der Waals surface area contributed by atoms with E-state index in [-0.39, 0.29) is 11.2 Å². The van der Waals surface area contributed by atoms with Crippen LogP contribution in [0.15, 0.2) is 10.5 Å². The molecule has 2 aromatic heterocycles. The number of nitrogens with one attached hydrogen (secondary N) is 1. The fourth-order valence-electron chi connectivity index (χ4n) is 1.78. The van der Waals surface area contributed by atoms with Crippen molar-refractivity contribution in [1.29, 1.82) is 5.26 Å². The Bertz CT molecular complexity index is 611. The van der Waals surface area contributed by atoms with Crippen LogP contribution in [0.3, 0.4) is 0 Å². The topological polar surface area (TPSA) is 61.9 Å². The molecule has 6 heteroatoms. The van der Waals surface area contributed by atoms with Gasteiger partial charge in [-0.1, -0.05) is 22.9 Å². The lowest BCUT2D eigenvalue weighted by molar-refractivity contribution is 0.500. The van der Waals surface area contributed by atoms with E-state index in [0.717, 1.165) is 17.1 Å². The molecule has 18 heavy (non-hydrogen) atoms. The van der Waals surface area contributed by atoms with E-state index in [1.807, 2.05) is 32.9 Å². The van der Waals surface area contributed by atoms with Crippen molar-refractivity contribution in [3.8, 4) is 6.07 Å². The number of nitriles is 1. The van der Waals surface area contributed by atoms with Crippen LogP contribution in [0, 0.1) is 25.2 Å². The Morgan fingerprint density at radius 1 is 1.56 bits per heavy atom. The zero-order valence-corrected chi connectivity index (χ0v) is 11.8. The van der Waals surface area contributed by atoms with E-state index in [4.69, 9.17) is 21.3 Å². The summed E-state index contributed by atoms with van der Waals surface area (Å²) in [7, 11) is 0. The van der Waals surface area contributed by atoms with Gasteiger partial charge in [-0.3, -0.25) is 0 Å². The largest absolute Gasteiger partial charge is 0.466 e. The van der Waals surface area contributed by atoms with Gasteiger partial charge in [-0.15, -0.1) is 0 Å². The third-order valence-electron chi connectivity index (χ3n) is 2.57. The van der Waals surface area contributed by atoms with Gasteiger partial charge in [-0.05, 0) is 26.8 Å². The van der Waals surface area contributed by atoms with Crippen LogP contribution in [0.25, 0.3) is 0 Å². The zero-order chi connectivity index (χ0) is 13.3. The second-order valence-electron chi connectivity index (χ2n) is 3.99. The van der Waals surface area contributed by atoms with E-state index < -0.39 is 0 Å². The second-order valence-corrected chi connectivity index (χ2v) is 5.34. The molecule has 2 aromatic rings.